The third-order valence-corrected chi connectivity index (χ3v) is 3.15. The third kappa shape index (κ3) is 3.29. The minimum Gasteiger partial charge on any atom is -0.380 e. The number of nitriles is 1. The maximum Gasteiger partial charge on any atom is 0.355 e. The minimum absolute atomic E-state index is 0.0347. The first-order valence-corrected chi connectivity index (χ1v) is 6.17. The molecule has 0 atom stereocenters. The van der Waals surface area contributed by atoms with Crippen LogP contribution in [0.3, 0.4) is 0 Å². The van der Waals surface area contributed by atoms with Gasteiger partial charge in [0.25, 0.3) is 0 Å². The first-order chi connectivity index (χ1) is 10.1. The smallest absolute Gasteiger partial charge is 0.355 e. The van der Waals surface area contributed by atoms with E-state index in [-0.39, 0.29) is 12.4 Å². The lowest BCUT2D eigenvalue weighted by atomic mass is 10.1. The zero-order valence-corrected chi connectivity index (χ0v) is 11.1. The summed E-state index contributed by atoms with van der Waals surface area (Å²) in [5.74, 6) is -0.639. The van der Waals surface area contributed by atoms with Crippen molar-refractivity contribution in [1.82, 2.24) is 0 Å². The van der Waals surface area contributed by atoms with E-state index in [2.05, 4.69) is 15.2 Å². The summed E-state index contributed by atoms with van der Waals surface area (Å²) in [4.78, 5) is 19.0. The molecule has 1 saturated carbocycles. The molecule has 1 aliphatic rings. The highest BCUT2D eigenvalue weighted by molar-refractivity contribution is 5.97. The van der Waals surface area contributed by atoms with Gasteiger partial charge in [-0.1, -0.05) is 34.5 Å². The van der Waals surface area contributed by atoms with Crippen LogP contribution in [0.4, 0.5) is 0 Å². The predicted octanol–water partition coefficient (Wildman–Crippen LogP) is 1.96. The standard InChI is InChI=1S/C13H12N6O2/c14-8-13(5-6-13)12(20)21-18-11(15)10-3-1-9(2-4-10)7-17-19-16/h1-4H,5-7H2,(H2,15,18). The van der Waals surface area contributed by atoms with Gasteiger partial charge < -0.3 is 10.6 Å². The van der Waals surface area contributed by atoms with E-state index < -0.39 is 11.4 Å². The number of nitrogens with zero attached hydrogens (tertiary/aromatic N) is 5. The SMILES string of the molecule is N#CC1(C(=O)O/N=C(\N)c2ccc(CN=[N+]=[N-])cc2)CC1. The molecule has 1 aromatic carbocycles. The summed E-state index contributed by atoms with van der Waals surface area (Å²) < 4.78 is 0. The Morgan fingerprint density at radius 2 is 2.14 bits per heavy atom. The van der Waals surface area contributed by atoms with Gasteiger partial charge in [-0.2, -0.15) is 5.26 Å². The van der Waals surface area contributed by atoms with Crippen LogP contribution in [0.1, 0.15) is 24.0 Å². The van der Waals surface area contributed by atoms with E-state index in [1.807, 2.05) is 6.07 Å². The van der Waals surface area contributed by atoms with Crippen LogP contribution < -0.4 is 5.73 Å². The van der Waals surface area contributed by atoms with Gasteiger partial charge in [-0.15, -0.1) is 0 Å². The number of amidine groups is 1. The molecule has 106 valence electrons. The van der Waals surface area contributed by atoms with Crippen LogP contribution in [0.15, 0.2) is 34.5 Å². The third-order valence-electron chi connectivity index (χ3n) is 3.15. The van der Waals surface area contributed by atoms with Crippen LogP contribution >= 0.6 is 0 Å². The first kappa shape index (κ1) is 14.4. The fourth-order valence-electron chi connectivity index (χ4n) is 1.61. The Labute approximate surface area is 120 Å². The van der Waals surface area contributed by atoms with Gasteiger partial charge in [0.15, 0.2) is 11.3 Å². The van der Waals surface area contributed by atoms with Gasteiger partial charge in [-0.3, -0.25) is 0 Å². The minimum atomic E-state index is -1.04. The normalized spacial score (nSPS) is 15.5. The van der Waals surface area contributed by atoms with Crippen molar-refractivity contribution in [3.63, 3.8) is 0 Å². The van der Waals surface area contributed by atoms with Crippen molar-refractivity contribution in [1.29, 1.82) is 5.26 Å². The molecular weight excluding hydrogens is 272 g/mol. The average molecular weight is 284 g/mol. The highest BCUT2D eigenvalue weighted by atomic mass is 16.7. The zero-order chi connectivity index (χ0) is 15.3. The highest BCUT2D eigenvalue weighted by Crippen LogP contribution is 2.45. The number of azide groups is 1. The Morgan fingerprint density at radius 3 is 2.67 bits per heavy atom. The maximum atomic E-state index is 11.6. The second kappa shape index (κ2) is 5.94. The van der Waals surface area contributed by atoms with Crippen molar-refractivity contribution in [3.05, 3.63) is 45.8 Å². The molecule has 8 heteroatoms. The van der Waals surface area contributed by atoms with Crippen LogP contribution in [0.25, 0.3) is 10.4 Å². The lowest BCUT2D eigenvalue weighted by molar-refractivity contribution is -0.147. The van der Waals surface area contributed by atoms with E-state index in [1.165, 1.54) is 0 Å². The number of hydrogen-bond acceptors (Lipinski definition) is 5. The molecule has 0 bridgehead atoms. The molecule has 2 N–H and O–H groups in total. The largest absolute Gasteiger partial charge is 0.380 e. The number of hydrogen-bond donors (Lipinski definition) is 1. The average Bonchev–Trinajstić information content (AvgIpc) is 3.32. The summed E-state index contributed by atoms with van der Waals surface area (Å²) in [6, 6.07) is 8.72. The predicted molar refractivity (Wildman–Crippen MR) is 73.4 cm³/mol. The molecule has 1 aliphatic carbocycles. The Morgan fingerprint density at radius 1 is 1.48 bits per heavy atom. The monoisotopic (exact) mass is 284 g/mol. The van der Waals surface area contributed by atoms with Crippen molar-refractivity contribution in [3.8, 4) is 6.07 Å². The van der Waals surface area contributed by atoms with Gasteiger partial charge in [0.2, 0.25) is 0 Å². The molecule has 0 spiro atoms. The molecule has 1 fully saturated rings. The molecule has 21 heavy (non-hydrogen) atoms. The van der Waals surface area contributed by atoms with Gasteiger partial charge in [-0.05, 0) is 23.9 Å². The fourth-order valence-corrected chi connectivity index (χ4v) is 1.61. The number of carbonyl (C=O) groups is 1. The summed E-state index contributed by atoms with van der Waals surface area (Å²) in [6.07, 6.45) is 0.984. The van der Waals surface area contributed by atoms with Gasteiger partial charge in [0.1, 0.15) is 0 Å². The van der Waals surface area contributed by atoms with Crippen molar-refractivity contribution in [2.75, 3.05) is 0 Å². The summed E-state index contributed by atoms with van der Waals surface area (Å²) in [5.41, 5.74) is 14.3. The molecule has 0 heterocycles. The number of oxime groups is 1. The number of benzene rings is 1. The first-order valence-electron chi connectivity index (χ1n) is 6.17. The summed E-state index contributed by atoms with van der Waals surface area (Å²) in [5, 5.41) is 15.8. The van der Waals surface area contributed by atoms with E-state index in [9.17, 15) is 4.79 Å². The molecule has 0 amide bonds. The van der Waals surface area contributed by atoms with Gasteiger partial charge in [0, 0.05) is 10.5 Å². The number of carbonyl (C=O) groups excluding carboxylic acids is 1. The summed E-state index contributed by atoms with van der Waals surface area (Å²) >= 11 is 0. The lowest BCUT2D eigenvalue weighted by Crippen LogP contribution is -2.19. The molecule has 0 radical (unpaired) electrons. The lowest BCUT2D eigenvalue weighted by Gasteiger charge is -2.04. The Hall–Kier alpha value is -3.04. The summed E-state index contributed by atoms with van der Waals surface area (Å²) in [6.45, 7) is 0.244. The van der Waals surface area contributed by atoms with E-state index in [4.69, 9.17) is 21.4 Å². The molecular formula is C13H12N6O2. The molecule has 2 rings (SSSR count). The van der Waals surface area contributed by atoms with Crippen LogP contribution in [0.2, 0.25) is 0 Å². The molecule has 0 aromatic heterocycles. The highest BCUT2D eigenvalue weighted by Gasteiger charge is 2.53. The van der Waals surface area contributed by atoms with E-state index in [0.717, 1.165) is 5.56 Å². The molecule has 1 aromatic rings. The van der Waals surface area contributed by atoms with Crippen molar-refractivity contribution < 1.29 is 9.63 Å². The summed E-state index contributed by atoms with van der Waals surface area (Å²) in [7, 11) is 0. The van der Waals surface area contributed by atoms with Crippen molar-refractivity contribution >= 4 is 11.8 Å². The van der Waals surface area contributed by atoms with Gasteiger partial charge in [0.05, 0.1) is 12.6 Å². The van der Waals surface area contributed by atoms with Gasteiger partial charge in [-0.25, -0.2) is 4.79 Å². The quantitative estimate of drug-likeness (QED) is 0.168. The zero-order valence-electron chi connectivity index (χ0n) is 11.1. The topological polar surface area (TPSA) is 137 Å². The Kier molecular flexibility index (Phi) is 4.07. The number of rotatable bonds is 5. The molecule has 0 aliphatic heterocycles. The Balaban J connectivity index is 2.01. The molecule has 0 unspecified atom stereocenters. The number of nitrogens with two attached hydrogens (primary N) is 1. The van der Waals surface area contributed by atoms with E-state index >= 15 is 0 Å². The van der Waals surface area contributed by atoms with Crippen molar-refractivity contribution in [2.45, 2.75) is 19.4 Å². The molecule has 0 saturated heterocycles. The maximum absolute atomic E-state index is 11.6. The second-order valence-electron chi connectivity index (χ2n) is 4.64. The van der Waals surface area contributed by atoms with Crippen LogP contribution in [0.5, 0.6) is 0 Å². The fraction of sp³-hybridized carbons (Fsp3) is 0.308. The van der Waals surface area contributed by atoms with Crippen LogP contribution in [-0.4, -0.2) is 11.8 Å². The second-order valence-corrected chi connectivity index (χ2v) is 4.64. The van der Waals surface area contributed by atoms with Crippen LogP contribution in [0, 0.1) is 16.7 Å². The molecule has 8 nitrogen and oxygen atoms in total. The van der Waals surface area contributed by atoms with Crippen LogP contribution in [-0.2, 0) is 16.2 Å². The van der Waals surface area contributed by atoms with E-state index in [1.54, 1.807) is 24.3 Å². The van der Waals surface area contributed by atoms with E-state index in [0.29, 0.717) is 18.4 Å². The Bertz CT molecular complexity index is 663. The van der Waals surface area contributed by atoms with Gasteiger partial charge >= 0.3 is 5.97 Å². The van der Waals surface area contributed by atoms with Crippen molar-refractivity contribution in [2.24, 2.45) is 21.4 Å².